The van der Waals surface area contributed by atoms with E-state index in [4.69, 9.17) is 9.15 Å². The average Bonchev–Trinajstić information content (AvgIpc) is 3.50. The Bertz CT molecular complexity index is 1000. The molecule has 3 aromatic rings. The fourth-order valence-electron chi connectivity index (χ4n) is 3.78. The normalized spacial score (nSPS) is 16.4. The van der Waals surface area contributed by atoms with Crippen molar-refractivity contribution >= 4 is 11.6 Å². The molecule has 0 radical (unpaired) electrons. The molecule has 1 aromatic heterocycles. The first-order chi connectivity index (χ1) is 15.2. The number of aromatic nitrogens is 1. The maximum absolute atomic E-state index is 5.60. The van der Waals surface area contributed by atoms with E-state index in [2.05, 4.69) is 37.6 Å². The Morgan fingerprint density at radius 2 is 2.06 bits per heavy atom. The Hall–Kier alpha value is -3.48. The highest BCUT2D eigenvalue weighted by Gasteiger charge is 2.23. The minimum absolute atomic E-state index is 0.552. The number of ether oxygens (including phenoxy) is 1. The fourth-order valence-corrected chi connectivity index (χ4v) is 3.78. The molecule has 1 saturated heterocycles. The summed E-state index contributed by atoms with van der Waals surface area (Å²) in [5.41, 5.74) is 3.02. The van der Waals surface area contributed by atoms with E-state index in [1.54, 1.807) is 20.4 Å². The molecule has 1 atom stereocenters. The number of methoxy groups -OCH3 is 1. The van der Waals surface area contributed by atoms with Crippen LogP contribution in [0.25, 0.3) is 11.5 Å². The third kappa shape index (κ3) is 5.36. The number of oxazole rings is 1. The van der Waals surface area contributed by atoms with E-state index in [1.807, 2.05) is 42.5 Å². The number of anilines is 1. The third-order valence-electron chi connectivity index (χ3n) is 5.50. The van der Waals surface area contributed by atoms with Gasteiger partial charge in [0.2, 0.25) is 5.89 Å². The summed E-state index contributed by atoms with van der Waals surface area (Å²) in [6.45, 7) is 3.48. The van der Waals surface area contributed by atoms with Gasteiger partial charge in [-0.25, -0.2) is 4.98 Å². The van der Waals surface area contributed by atoms with E-state index < -0.39 is 0 Å². The molecule has 0 amide bonds. The maximum Gasteiger partial charge on any atom is 0.226 e. The molecule has 2 N–H and O–H groups in total. The highest BCUT2D eigenvalue weighted by atomic mass is 16.5. The second-order valence-corrected chi connectivity index (χ2v) is 7.62. The number of nitrogens with zero attached hydrogens (tertiary/aromatic N) is 3. The number of hydrogen-bond acceptors (Lipinski definition) is 5. The van der Waals surface area contributed by atoms with Crippen LogP contribution < -0.4 is 20.3 Å². The number of rotatable bonds is 7. The van der Waals surface area contributed by atoms with Gasteiger partial charge in [-0.2, -0.15) is 0 Å². The molecule has 7 heteroatoms. The summed E-state index contributed by atoms with van der Waals surface area (Å²) in [5, 5.41) is 6.76. The molecule has 2 heterocycles. The topological polar surface area (TPSA) is 74.9 Å². The van der Waals surface area contributed by atoms with Crippen LogP contribution in [0.3, 0.4) is 0 Å². The van der Waals surface area contributed by atoms with Gasteiger partial charge in [-0.05, 0) is 36.6 Å². The SMILES string of the molecule is CN=C(NCc1coc(-c2ccccc2)n1)NCC1CCN(c2cccc(OC)c2)C1. The van der Waals surface area contributed by atoms with Crippen LogP contribution in [-0.4, -0.2) is 44.7 Å². The second kappa shape index (κ2) is 10.0. The molecule has 1 aliphatic rings. The maximum atomic E-state index is 5.60. The lowest BCUT2D eigenvalue weighted by Gasteiger charge is -2.20. The lowest BCUT2D eigenvalue weighted by molar-refractivity contribution is 0.415. The van der Waals surface area contributed by atoms with Crippen molar-refractivity contribution in [1.82, 2.24) is 15.6 Å². The van der Waals surface area contributed by atoms with Crippen LogP contribution in [0.15, 0.2) is 70.3 Å². The molecule has 1 aliphatic heterocycles. The van der Waals surface area contributed by atoms with Crippen molar-refractivity contribution in [3.8, 4) is 17.2 Å². The van der Waals surface area contributed by atoms with Crippen LogP contribution in [-0.2, 0) is 6.54 Å². The van der Waals surface area contributed by atoms with Crippen molar-refractivity contribution in [3.63, 3.8) is 0 Å². The Morgan fingerprint density at radius 1 is 1.19 bits per heavy atom. The van der Waals surface area contributed by atoms with Gasteiger partial charge in [-0.1, -0.05) is 24.3 Å². The van der Waals surface area contributed by atoms with Crippen molar-refractivity contribution in [2.45, 2.75) is 13.0 Å². The Balaban J connectivity index is 1.24. The predicted molar refractivity (Wildman–Crippen MR) is 123 cm³/mol. The minimum Gasteiger partial charge on any atom is -0.497 e. The lowest BCUT2D eigenvalue weighted by atomic mass is 10.1. The number of aliphatic imine (C=N–C) groups is 1. The summed E-state index contributed by atoms with van der Waals surface area (Å²) in [5.74, 6) is 2.85. The molecule has 0 saturated carbocycles. The number of hydrogen-bond donors (Lipinski definition) is 2. The van der Waals surface area contributed by atoms with Crippen LogP contribution >= 0.6 is 0 Å². The quantitative estimate of drug-likeness (QED) is 0.451. The van der Waals surface area contributed by atoms with E-state index in [9.17, 15) is 0 Å². The van der Waals surface area contributed by atoms with E-state index in [0.29, 0.717) is 18.4 Å². The average molecular weight is 420 g/mol. The van der Waals surface area contributed by atoms with E-state index in [0.717, 1.165) is 49.0 Å². The van der Waals surface area contributed by atoms with Gasteiger partial charge in [0.05, 0.1) is 19.3 Å². The molecule has 4 rings (SSSR count). The summed E-state index contributed by atoms with van der Waals surface area (Å²) < 4.78 is 11.0. The van der Waals surface area contributed by atoms with E-state index in [1.165, 1.54) is 5.69 Å². The zero-order chi connectivity index (χ0) is 21.5. The van der Waals surface area contributed by atoms with Gasteiger partial charge in [0.1, 0.15) is 12.0 Å². The largest absolute Gasteiger partial charge is 0.497 e. The first kappa shape index (κ1) is 20.8. The minimum atomic E-state index is 0.552. The van der Waals surface area contributed by atoms with Crippen molar-refractivity contribution in [2.75, 3.05) is 38.7 Å². The van der Waals surface area contributed by atoms with Gasteiger partial charge < -0.3 is 24.7 Å². The molecule has 31 heavy (non-hydrogen) atoms. The molecule has 162 valence electrons. The van der Waals surface area contributed by atoms with Crippen LogP contribution in [0.2, 0.25) is 0 Å². The highest BCUT2D eigenvalue weighted by molar-refractivity contribution is 5.79. The van der Waals surface area contributed by atoms with Gasteiger partial charge in [0.15, 0.2) is 5.96 Å². The van der Waals surface area contributed by atoms with Crippen molar-refractivity contribution in [1.29, 1.82) is 0 Å². The monoisotopic (exact) mass is 419 g/mol. The fraction of sp³-hybridized carbons (Fsp3) is 0.333. The number of benzene rings is 2. The lowest BCUT2D eigenvalue weighted by Crippen LogP contribution is -2.40. The van der Waals surface area contributed by atoms with Crippen molar-refractivity contribution < 1.29 is 9.15 Å². The van der Waals surface area contributed by atoms with Gasteiger partial charge in [0.25, 0.3) is 0 Å². The summed E-state index contributed by atoms with van der Waals surface area (Å²) >= 11 is 0. The molecule has 2 aromatic carbocycles. The summed E-state index contributed by atoms with van der Waals surface area (Å²) in [6, 6.07) is 18.1. The predicted octanol–water partition coefficient (Wildman–Crippen LogP) is 3.54. The molecular formula is C24H29N5O2. The molecular weight excluding hydrogens is 390 g/mol. The van der Waals surface area contributed by atoms with Crippen LogP contribution in [0.4, 0.5) is 5.69 Å². The zero-order valence-corrected chi connectivity index (χ0v) is 18.0. The van der Waals surface area contributed by atoms with Crippen molar-refractivity contribution in [2.24, 2.45) is 10.9 Å². The standard InChI is InChI=1S/C24H29N5O2/c1-25-24(27-15-20-17-31-23(28-20)19-7-4-3-5-8-19)26-14-18-11-12-29(16-18)21-9-6-10-22(13-21)30-2/h3-10,13,17-18H,11-12,14-16H2,1-2H3,(H2,25,26,27). The Labute approximate surface area is 183 Å². The van der Waals surface area contributed by atoms with Crippen LogP contribution in [0.1, 0.15) is 12.1 Å². The first-order valence-corrected chi connectivity index (χ1v) is 10.6. The molecule has 0 bridgehead atoms. The Morgan fingerprint density at radius 3 is 2.87 bits per heavy atom. The number of nitrogens with one attached hydrogen (secondary N) is 2. The zero-order valence-electron chi connectivity index (χ0n) is 18.0. The molecule has 7 nitrogen and oxygen atoms in total. The first-order valence-electron chi connectivity index (χ1n) is 10.6. The molecule has 0 aliphatic carbocycles. The Kier molecular flexibility index (Phi) is 6.72. The molecule has 0 spiro atoms. The van der Waals surface area contributed by atoms with Gasteiger partial charge in [-0.3, -0.25) is 4.99 Å². The summed E-state index contributed by atoms with van der Waals surface area (Å²) in [7, 11) is 3.49. The van der Waals surface area contributed by atoms with Crippen LogP contribution in [0, 0.1) is 5.92 Å². The van der Waals surface area contributed by atoms with Gasteiger partial charge in [-0.15, -0.1) is 0 Å². The summed E-state index contributed by atoms with van der Waals surface area (Å²) in [4.78, 5) is 11.3. The van der Waals surface area contributed by atoms with Gasteiger partial charge >= 0.3 is 0 Å². The van der Waals surface area contributed by atoms with E-state index in [-0.39, 0.29) is 0 Å². The highest BCUT2D eigenvalue weighted by Crippen LogP contribution is 2.26. The number of guanidine groups is 1. The third-order valence-corrected chi connectivity index (χ3v) is 5.50. The van der Waals surface area contributed by atoms with Crippen LogP contribution in [0.5, 0.6) is 5.75 Å². The summed E-state index contributed by atoms with van der Waals surface area (Å²) in [6.07, 6.45) is 2.83. The van der Waals surface area contributed by atoms with E-state index >= 15 is 0 Å². The van der Waals surface area contributed by atoms with Gasteiger partial charge in [0, 0.05) is 44.0 Å². The smallest absolute Gasteiger partial charge is 0.226 e. The molecule has 1 fully saturated rings. The van der Waals surface area contributed by atoms with Crippen molar-refractivity contribution in [3.05, 3.63) is 66.6 Å². The molecule has 1 unspecified atom stereocenters. The second-order valence-electron chi connectivity index (χ2n) is 7.62.